The average molecular weight is 250 g/mol. The maximum absolute atomic E-state index is 9.85. The van der Waals surface area contributed by atoms with Gasteiger partial charge in [0.25, 0.3) is 0 Å². The Balaban J connectivity index is 1.83. The van der Waals surface area contributed by atoms with Gasteiger partial charge in [-0.1, -0.05) is 85.0 Å². The lowest BCUT2D eigenvalue weighted by molar-refractivity contribution is 0.228. The Morgan fingerprint density at radius 1 is 0.789 bits per heavy atom. The van der Waals surface area contributed by atoms with Crippen molar-refractivity contribution >= 4 is 12.2 Å². The number of aliphatic hydroxyl groups excluding tert-OH is 1. The van der Waals surface area contributed by atoms with Crippen molar-refractivity contribution in [1.82, 2.24) is 0 Å². The summed E-state index contributed by atoms with van der Waals surface area (Å²) in [4.78, 5) is 0. The van der Waals surface area contributed by atoms with E-state index in [0.717, 1.165) is 11.1 Å². The number of hydrogen-bond donors (Lipinski definition) is 1. The molecule has 0 bridgehead atoms. The molecule has 1 heteroatoms. The molecule has 0 fully saturated rings. The molecule has 19 heavy (non-hydrogen) atoms. The van der Waals surface area contributed by atoms with Gasteiger partial charge in [-0.25, -0.2) is 0 Å². The Hall–Kier alpha value is -2.12. The molecule has 1 nitrogen and oxygen atoms in total. The molecule has 0 amide bonds. The van der Waals surface area contributed by atoms with E-state index < -0.39 is 6.10 Å². The van der Waals surface area contributed by atoms with Crippen LogP contribution in [0.15, 0.2) is 72.8 Å². The lowest BCUT2D eigenvalue weighted by atomic mass is 10.1. The summed E-state index contributed by atoms with van der Waals surface area (Å²) in [5, 5.41) is 9.85. The van der Waals surface area contributed by atoms with Crippen molar-refractivity contribution in [1.29, 1.82) is 0 Å². The summed E-state index contributed by atoms with van der Waals surface area (Å²) in [6.07, 6.45) is 7.97. The summed E-state index contributed by atoms with van der Waals surface area (Å²) in [5.41, 5.74) is 2.26. The number of aliphatic hydroxyl groups is 1. The summed E-state index contributed by atoms with van der Waals surface area (Å²) in [6, 6.07) is 20.1. The zero-order chi connectivity index (χ0) is 13.3. The van der Waals surface area contributed by atoms with Crippen LogP contribution in [0.4, 0.5) is 0 Å². The van der Waals surface area contributed by atoms with E-state index in [0.29, 0.717) is 6.42 Å². The van der Waals surface area contributed by atoms with Crippen molar-refractivity contribution in [3.05, 3.63) is 83.9 Å². The molecule has 1 N–H and O–H groups in total. The maximum atomic E-state index is 9.85. The van der Waals surface area contributed by atoms with Gasteiger partial charge in [-0.05, 0) is 17.5 Å². The summed E-state index contributed by atoms with van der Waals surface area (Å²) in [6.45, 7) is 0. The van der Waals surface area contributed by atoms with E-state index >= 15 is 0 Å². The summed E-state index contributed by atoms with van der Waals surface area (Å²) < 4.78 is 0. The van der Waals surface area contributed by atoms with Crippen molar-refractivity contribution in [2.45, 2.75) is 12.5 Å². The first-order valence-corrected chi connectivity index (χ1v) is 6.47. The van der Waals surface area contributed by atoms with Gasteiger partial charge < -0.3 is 5.11 Å². The topological polar surface area (TPSA) is 20.2 Å². The number of benzene rings is 2. The van der Waals surface area contributed by atoms with Gasteiger partial charge in [-0.2, -0.15) is 0 Å². The molecule has 0 aliphatic carbocycles. The molecule has 0 spiro atoms. The first-order chi connectivity index (χ1) is 9.34. The van der Waals surface area contributed by atoms with Crippen LogP contribution in [0.3, 0.4) is 0 Å². The van der Waals surface area contributed by atoms with E-state index in [1.807, 2.05) is 85.0 Å². The fourth-order valence-electron chi connectivity index (χ4n) is 1.77. The maximum Gasteiger partial charge on any atom is 0.0758 e. The van der Waals surface area contributed by atoms with Crippen molar-refractivity contribution in [2.75, 3.05) is 0 Å². The predicted octanol–water partition coefficient (Wildman–Crippen LogP) is 4.16. The van der Waals surface area contributed by atoms with E-state index in [9.17, 15) is 5.11 Å². The zero-order valence-electron chi connectivity index (χ0n) is 10.8. The lowest BCUT2D eigenvalue weighted by Gasteiger charge is -2.00. The second-order valence-corrected chi connectivity index (χ2v) is 4.39. The van der Waals surface area contributed by atoms with Gasteiger partial charge in [0.15, 0.2) is 0 Å². The largest absolute Gasteiger partial charge is 0.389 e. The average Bonchev–Trinajstić information content (AvgIpc) is 2.47. The normalized spacial score (nSPS) is 13.1. The first-order valence-electron chi connectivity index (χ1n) is 6.47. The number of rotatable bonds is 5. The second-order valence-electron chi connectivity index (χ2n) is 4.39. The van der Waals surface area contributed by atoms with Crippen molar-refractivity contribution in [3.63, 3.8) is 0 Å². The molecule has 0 aliphatic heterocycles. The molecule has 0 saturated carbocycles. The molecule has 2 aromatic carbocycles. The highest BCUT2D eigenvalue weighted by Gasteiger charge is 1.95. The third-order valence-electron chi connectivity index (χ3n) is 2.80. The van der Waals surface area contributed by atoms with E-state index in [4.69, 9.17) is 0 Å². The Kier molecular flexibility index (Phi) is 5.15. The molecular weight excluding hydrogens is 232 g/mol. The van der Waals surface area contributed by atoms with Crippen molar-refractivity contribution in [3.8, 4) is 0 Å². The van der Waals surface area contributed by atoms with Crippen LogP contribution >= 0.6 is 0 Å². The van der Waals surface area contributed by atoms with Gasteiger partial charge >= 0.3 is 0 Å². The molecule has 96 valence electrons. The van der Waals surface area contributed by atoms with Gasteiger partial charge in [-0.15, -0.1) is 0 Å². The first kappa shape index (κ1) is 13.3. The summed E-state index contributed by atoms with van der Waals surface area (Å²) >= 11 is 0. The molecule has 2 aromatic rings. The lowest BCUT2D eigenvalue weighted by Crippen LogP contribution is -1.98. The third kappa shape index (κ3) is 4.94. The standard InChI is InChI=1S/C18H18O/c19-18(15-14-17-10-5-2-6-11-17)13-7-12-16-8-3-1-4-9-16/h1-12,14-15,18-19H,13H2. The minimum absolute atomic E-state index is 0.444. The van der Waals surface area contributed by atoms with Crippen molar-refractivity contribution < 1.29 is 5.11 Å². The molecule has 0 saturated heterocycles. The van der Waals surface area contributed by atoms with Gasteiger partial charge in [0, 0.05) is 0 Å². The zero-order valence-corrected chi connectivity index (χ0v) is 10.8. The van der Waals surface area contributed by atoms with Crippen LogP contribution in [-0.2, 0) is 0 Å². The third-order valence-corrected chi connectivity index (χ3v) is 2.80. The minimum atomic E-state index is -0.444. The minimum Gasteiger partial charge on any atom is -0.389 e. The van der Waals surface area contributed by atoms with Crippen LogP contribution in [0.25, 0.3) is 12.2 Å². The van der Waals surface area contributed by atoms with Gasteiger partial charge in [0.1, 0.15) is 0 Å². The van der Waals surface area contributed by atoms with Crippen LogP contribution in [0.5, 0.6) is 0 Å². The SMILES string of the molecule is OC(C=Cc1ccccc1)CC=Cc1ccccc1. The molecule has 0 aliphatic rings. The predicted molar refractivity (Wildman–Crippen MR) is 81.6 cm³/mol. The van der Waals surface area contributed by atoms with Crippen LogP contribution < -0.4 is 0 Å². The quantitative estimate of drug-likeness (QED) is 0.844. The van der Waals surface area contributed by atoms with Gasteiger partial charge in [-0.3, -0.25) is 0 Å². The van der Waals surface area contributed by atoms with Crippen LogP contribution in [-0.4, -0.2) is 11.2 Å². The molecule has 1 atom stereocenters. The Bertz CT molecular complexity index is 526. The smallest absolute Gasteiger partial charge is 0.0758 e. The fraction of sp³-hybridized carbons (Fsp3) is 0.111. The molecular formula is C18H18O. The molecule has 0 aromatic heterocycles. The van der Waals surface area contributed by atoms with Crippen molar-refractivity contribution in [2.24, 2.45) is 0 Å². The molecule has 0 heterocycles. The van der Waals surface area contributed by atoms with Gasteiger partial charge in [0.2, 0.25) is 0 Å². The molecule has 0 radical (unpaired) electrons. The summed E-state index contributed by atoms with van der Waals surface area (Å²) in [7, 11) is 0. The van der Waals surface area contributed by atoms with E-state index in [2.05, 4.69) is 0 Å². The van der Waals surface area contributed by atoms with E-state index in [1.54, 1.807) is 0 Å². The Morgan fingerprint density at radius 3 is 1.89 bits per heavy atom. The second kappa shape index (κ2) is 7.34. The van der Waals surface area contributed by atoms with Gasteiger partial charge in [0.05, 0.1) is 6.10 Å². The number of hydrogen-bond acceptors (Lipinski definition) is 1. The molecule has 2 rings (SSSR count). The fourth-order valence-corrected chi connectivity index (χ4v) is 1.77. The highest BCUT2D eigenvalue weighted by Crippen LogP contribution is 2.06. The van der Waals surface area contributed by atoms with E-state index in [1.165, 1.54) is 0 Å². The molecule has 1 unspecified atom stereocenters. The van der Waals surface area contributed by atoms with E-state index in [-0.39, 0.29) is 0 Å². The monoisotopic (exact) mass is 250 g/mol. The Labute approximate surface area is 114 Å². The highest BCUT2D eigenvalue weighted by atomic mass is 16.3. The Morgan fingerprint density at radius 2 is 1.32 bits per heavy atom. The van der Waals surface area contributed by atoms with Crippen LogP contribution in [0, 0.1) is 0 Å². The van der Waals surface area contributed by atoms with Crippen LogP contribution in [0.2, 0.25) is 0 Å². The summed E-state index contributed by atoms with van der Waals surface area (Å²) in [5.74, 6) is 0. The van der Waals surface area contributed by atoms with Crippen LogP contribution in [0.1, 0.15) is 17.5 Å². The highest BCUT2D eigenvalue weighted by molar-refractivity contribution is 5.50.